The van der Waals surface area contributed by atoms with Crippen LogP contribution in [0.5, 0.6) is 0 Å². The zero-order valence-corrected chi connectivity index (χ0v) is 16.4. The summed E-state index contributed by atoms with van der Waals surface area (Å²) in [6.45, 7) is 3.82. The van der Waals surface area contributed by atoms with Crippen molar-refractivity contribution in [2.24, 2.45) is 14.1 Å². The van der Waals surface area contributed by atoms with Crippen molar-refractivity contribution in [2.75, 3.05) is 18.0 Å². The largest absolute Gasteiger partial charge is 0.371 e. The third kappa shape index (κ3) is 2.83. The van der Waals surface area contributed by atoms with E-state index in [-0.39, 0.29) is 17.1 Å². The smallest absolute Gasteiger partial charge is 0.332 e. The van der Waals surface area contributed by atoms with Gasteiger partial charge in [0.1, 0.15) is 5.82 Å². The molecular weight excluding hydrogens is 361 g/mol. The van der Waals surface area contributed by atoms with E-state index in [1.165, 1.54) is 21.5 Å². The summed E-state index contributed by atoms with van der Waals surface area (Å²) in [5.41, 5.74) is 2.93. The number of imidazole rings is 1. The second-order valence-electron chi connectivity index (χ2n) is 7.46. The molecule has 0 saturated heterocycles. The molecule has 0 bridgehead atoms. The summed E-state index contributed by atoms with van der Waals surface area (Å²) in [6.07, 6.45) is 3.80. The highest BCUT2D eigenvalue weighted by Crippen LogP contribution is 2.32. The molecule has 28 heavy (non-hydrogen) atoms. The first-order valence-electron chi connectivity index (χ1n) is 9.54. The molecule has 7 nitrogen and oxygen atoms in total. The summed E-state index contributed by atoms with van der Waals surface area (Å²) in [5.74, 6) is -0.156. The van der Waals surface area contributed by atoms with Gasteiger partial charge in [0.25, 0.3) is 5.56 Å². The number of nitrogens with zero attached hydrogens (tertiary/aromatic N) is 5. The Balaban J connectivity index is 1.60. The van der Waals surface area contributed by atoms with Gasteiger partial charge in [0, 0.05) is 45.0 Å². The van der Waals surface area contributed by atoms with E-state index in [0.717, 1.165) is 36.2 Å². The lowest BCUT2D eigenvalue weighted by Gasteiger charge is -2.33. The average Bonchev–Trinajstić information content (AvgIpc) is 3.07. The number of aryl methyl sites for hydroxylation is 3. The molecule has 0 saturated carbocycles. The van der Waals surface area contributed by atoms with Crippen LogP contribution in [0.1, 0.15) is 24.0 Å². The lowest BCUT2D eigenvalue weighted by atomic mass is 9.97. The molecule has 0 spiro atoms. The first-order valence-corrected chi connectivity index (χ1v) is 9.54. The van der Waals surface area contributed by atoms with Crippen LogP contribution in [0, 0.1) is 12.7 Å². The van der Waals surface area contributed by atoms with Gasteiger partial charge in [-0.3, -0.25) is 13.9 Å². The van der Waals surface area contributed by atoms with Gasteiger partial charge in [-0.2, -0.15) is 0 Å². The van der Waals surface area contributed by atoms with Gasteiger partial charge in [0.15, 0.2) is 11.2 Å². The summed E-state index contributed by atoms with van der Waals surface area (Å²) in [7, 11) is 3.37. The molecule has 8 heteroatoms. The average molecular weight is 385 g/mol. The van der Waals surface area contributed by atoms with Crippen LogP contribution in [0.4, 0.5) is 10.1 Å². The summed E-state index contributed by atoms with van der Waals surface area (Å²) in [4.78, 5) is 31.7. The number of hydrogen-bond acceptors (Lipinski definition) is 4. The minimum atomic E-state index is -0.363. The van der Waals surface area contributed by atoms with E-state index in [1.807, 2.05) is 13.0 Å². The minimum absolute atomic E-state index is 0.156. The van der Waals surface area contributed by atoms with Crippen molar-refractivity contribution in [3.8, 4) is 0 Å². The van der Waals surface area contributed by atoms with Crippen LogP contribution in [0.25, 0.3) is 11.2 Å². The van der Waals surface area contributed by atoms with Gasteiger partial charge in [0.05, 0.1) is 6.33 Å². The zero-order chi connectivity index (χ0) is 20.0. The Morgan fingerprint density at radius 2 is 1.96 bits per heavy atom. The Bertz CT molecular complexity index is 1170. The van der Waals surface area contributed by atoms with Gasteiger partial charge in [-0.1, -0.05) is 6.07 Å². The van der Waals surface area contributed by atoms with E-state index in [1.54, 1.807) is 18.7 Å². The summed E-state index contributed by atoms with van der Waals surface area (Å²) in [6, 6.07) is 3.34. The van der Waals surface area contributed by atoms with E-state index in [4.69, 9.17) is 0 Å². The molecule has 1 aliphatic heterocycles. The molecule has 148 valence electrons. The summed E-state index contributed by atoms with van der Waals surface area (Å²) < 4.78 is 18.5. The molecule has 2 aromatic heterocycles. The maximum Gasteiger partial charge on any atom is 0.332 e. The van der Waals surface area contributed by atoms with Crippen molar-refractivity contribution in [1.29, 1.82) is 0 Å². The lowest BCUT2D eigenvalue weighted by Crippen LogP contribution is -2.40. The number of anilines is 1. The summed E-state index contributed by atoms with van der Waals surface area (Å²) >= 11 is 0. The Labute approximate surface area is 161 Å². The number of fused-ring (bicyclic) bond motifs is 2. The highest BCUT2D eigenvalue weighted by molar-refractivity contribution is 5.69. The number of rotatable bonds is 4. The van der Waals surface area contributed by atoms with E-state index in [9.17, 15) is 14.0 Å². The van der Waals surface area contributed by atoms with E-state index in [0.29, 0.717) is 30.7 Å². The second-order valence-corrected chi connectivity index (χ2v) is 7.46. The molecule has 0 aliphatic carbocycles. The van der Waals surface area contributed by atoms with Crippen molar-refractivity contribution < 1.29 is 4.39 Å². The number of aromatic nitrogens is 4. The van der Waals surface area contributed by atoms with Gasteiger partial charge in [-0.15, -0.1) is 0 Å². The summed E-state index contributed by atoms with van der Waals surface area (Å²) in [5, 5.41) is 0. The van der Waals surface area contributed by atoms with E-state index < -0.39 is 0 Å². The van der Waals surface area contributed by atoms with Crippen LogP contribution in [0.3, 0.4) is 0 Å². The van der Waals surface area contributed by atoms with Crippen LogP contribution in [0.2, 0.25) is 0 Å². The number of halogens is 1. The predicted octanol–water partition coefficient (Wildman–Crippen LogP) is 1.72. The fourth-order valence-corrected chi connectivity index (χ4v) is 4.20. The van der Waals surface area contributed by atoms with E-state index in [2.05, 4.69) is 9.88 Å². The fraction of sp³-hybridized carbons (Fsp3) is 0.450. The Kier molecular flexibility index (Phi) is 4.56. The molecular formula is C20H24FN5O2. The number of benzene rings is 1. The topological polar surface area (TPSA) is 65.1 Å². The lowest BCUT2D eigenvalue weighted by molar-refractivity contribution is 0.547. The standard InChI is InChI=1S/C20H24FN5O2/c1-13-7-8-15(21)14-6-4-9-25(16(13)14)10-5-11-26-19(27)17-18(22-12-23(17)2)24(3)20(26)28/h7-8,12H,4-6,9-11H2,1-3H3. The maximum absolute atomic E-state index is 14.2. The molecule has 3 aromatic rings. The molecule has 1 aromatic carbocycles. The molecule has 0 N–H and O–H groups in total. The molecule has 0 radical (unpaired) electrons. The van der Waals surface area contributed by atoms with Gasteiger partial charge >= 0.3 is 5.69 Å². The van der Waals surface area contributed by atoms with Crippen LogP contribution >= 0.6 is 0 Å². The molecule has 1 aliphatic rings. The first-order chi connectivity index (χ1) is 13.4. The van der Waals surface area contributed by atoms with Gasteiger partial charge in [0.2, 0.25) is 0 Å². The van der Waals surface area contributed by atoms with Gasteiger partial charge in [-0.05, 0) is 37.8 Å². The molecule has 0 atom stereocenters. The van der Waals surface area contributed by atoms with Gasteiger partial charge < -0.3 is 9.47 Å². The van der Waals surface area contributed by atoms with Crippen LogP contribution in [0.15, 0.2) is 28.0 Å². The number of hydrogen-bond donors (Lipinski definition) is 0. The Morgan fingerprint density at radius 3 is 2.75 bits per heavy atom. The van der Waals surface area contributed by atoms with Crippen molar-refractivity contribution in [1.82, 2.24) is 18.7 Å². The highest BCUT2D eigenvalue weighted by Gasteiger charge is 2.22. The fourth-order valence-electron chi connectivity index (χ4n) is 4.20. The molecule has 4 rings (SSSR count). The Hall–Kier alpha value is -2.90. The zero-order valence-electron chi connectivity index (χ0n) is 16.4. The van der Waals surface area contributed by atoms with Gasteiger partial charge in [-0.25, -0.2) is 14.2 Å². The monoisotopic (exact) mass is 385 g/mol. The SMILES string of the molecule is Cc1ccc(F)c2c1N(CCCn1c(=O)c3c(ncn3C)n(C)c1=O)CCC2. The first kappa shape index (κ1) is 18.5. The quantitative estimate of drug-likeness (QED) is 0.686. The van der Waals surface area contributed by atoms with Crippen molar-refractivity contribution in [3.05, 3.63) is 56.2 Å². The molecule has 0 unspecified atom stereocenters. The highest BCUT2D eigenvalue weighted by atomic mass is 19.1. The Morgan fingerprint density at radius 1 is 1.18 bits per heavy atom. The third-order valence-corrected chi connectivity index (χ3v) is 5.61. The maximum atomic E-state index is 14.2. The molecule has 0 amide bonds. The minimum Gasteiger partial charge on any atom is -0.371 e. The second kappa shape index (κ2) is 6.92. The van der Waals surface area contributed by atoms with E-state index >= 15 is 0 Å². The molecule has 0 fully saturated rings. The molecule has 3 heterocycles. The van der Waals surface area contributed by atoms with Crippen molar-refractivity contribution >= 4 is 16.9 Å². The van der Waals surface area contributed by atoms with Crippen LogP contribution in [-0.4, -0.2) is 31.8 Å². The van der Waals surface area contributed by atoms with Crippen LogP contribution in [-0.2, 0) is 27.1 Å². The van der Waals surface area contributed by atoms with Crippen molar-refractivity contribution in [2.45, 2.75) is 32.7 Å². The van der Waals surface area contributed by atoms with Crippen molar-refractivity contribution in [3.63, 3.8) is 0 Å². The third-order valence-electron chi connectivity index (χ3n) is 5.61. The predicted molar refractivity (Wildman–Crippen MR) is 107 cm³/mol. The normalized spacial score (nSPS) is 13.9. The van der Waals surface area contributed by atoms with Crippen LogP contribution < -0.4 is 16.1 Å².